The zero-order valence-electron chi connectivity index (χ0n) is 18.7. The van der Waals surface area contributed by atoms with E-state index in [9.17, 15) is 9.90 Å². The van der Waals surface area contributed by atoms with E-state index in [2.05, 4.69) is 24.4 Å². The lowest BCUT2D eigenvalue weighted by molar-refractivity contribution is -0.200. The first-order valence-electron chi connectivity index (χ1n) is 11.9. The van der Waals surface area contributed by atoms with Crippen LogP contribution in [0, 0.1) is 34.5 Å². The number of hydrogen-bond acceptors (Lipinski definition) is 5. The van der Waals surface area contributed by atoms with E-state index in [1.54, 1.807) is 6.08 Å². The van der Waals surface area contributed by atoms with E-state index in [1.165, 1.54) is 5.71 Å². The SMILES string of the molecule is C[C@]12CC/C(=N\NC(N)=S)C[C@@H]1CC[C@@H]1[C@@H]2CC[C@]2(C)[C@@H](C3=CC(=O)OC3)CC[C@@]12O. The number of aliphatic hydroxyl groups is 1. The van der Waals surface area contributed by atoms with Crippen LogP contribution in [0.3, 0.4) is 0 Å². The Labute approximate surface area is 190 Å². The van der Waals surface area contributed by atoms with Gasteiger partial charge < -0.3 is 15.6 Å². The summed E-state index contributed by atoms with van der Waals surface area (Å²) in [6.45, 7) is 5.16. The van der Waals surface area contributed by atoms with Crippen molar-refractivity contribution in [2.75, 3.05) is 6.61 Å². The Kier molecular flexibility index (Phi) is 5.02. The third-order valence-corrected chi connectivity index (χ3v) is 10.2. The highest BCUT2D eigenvalue weighted by Gasteiger charge is 2.67. The van der Waals surface area contributed by atoms with Gasteiger partial charge in [0.25, 0.3) is 0 Å². The van der Waals surface area contributed by atoms with E-state index in [1.807, 2.05) is 0 Å². The zero-order valence-corrected chi connectivity index (χ0v) is 19.5. The molecule has 0 radical (unpaired) electrons. The molecular weight excluding hydrogens is 410 g/mol. The van der Waals surface area contributed by atoms with E-state index < -0.39 is 5.60 Å². The Balaban J connectivity index is 1.39. The molecule has 5 aliphatic rings. The third kappa shape index (κ3) is 3.10. The molecule has 4 N–H and O–H groups in total. The maximum atomic E-state index is 12.2. The molecule has 0 saturated heterocycles. The average molecular weight is 446 g/mol. The van der Waals surface area contributed by atoms with Gasteiger partial charge in [-0.2, -0.15) is 5.10 Å². The van der Waals surface area contributed by atoms with E-state index in [-0.39, 0.29) is 27.8 Å². The molecule has 31 heavy (non-hydrogen) atoms. The summed E-state index contributed by atoms with van der Waals surface area (Å²) in [5.74, 6) is 1.52. The largest absolute Gasteiger partial charge is 0.458 e. The monoisotopic (exact) mass is 445 g/mol. The van der Waals surface area contributed by atoms with Gasteiger partial charge in [0.15, 0.2) is 5.11 Å². The Bertz CT molecular complexity index is 872. The zero-order chi connectivity index (χ0) is 22.0. The smallest absolute Gasteiger partial charge is 0.331 e. The van der Waals surface area contributed by atoms with Crippen LogP contribution in [-0.2, 0) is 9.53 Å². The highest BCUT2D eigenvalue weighted by atomic mass is 32.1. The normalized spacial score (nSPS) is 47.8. The molecule has 1 aliphatic heterocycles. The van der Waals surface area contributed by atoms with Gasteiger partial charge in [0, 0.05) is 17.2 Å². The van der Waals surface area contributed by atoms with Gasteiger partial charge >= 0.3 is 5.97 Å². The Morgan fingerprint density at radius 1 is 1.23 bits per heavy atom. The lowest BCUT2D eigenvalue weighted by atomic mass is 9.43. The quantitative estimate of drug-likeness (QED) is 0.342. The highest BCUT2D eigenvalue weighted by molar-refractivity contribution is 7.80. The number of nitrogens with two attached hydrogens (primary N) is 1. The number of fused-ring (bicyclic) bond motifs is 5. The fraction of sp³-hybridized carbons (Fsp3) is 0.792. The molecule has 170 valence electrons. The van der Waals surface area contributed by atoms with Gasteiger partial charge in [-0.05, 0) is 105 Å². The molecular formula is C24H35N3O3S. The van der Waals surface area contributed by atoms with Crippen molar-refractivity contribution in [1.29, 1.82) is 0 Å². The average Bonchev–Trinajstić information content (AvgIpc) is 3.26. The van der Waals surface area contributed by atoms with Crippen molar-refractivity contribution in [2.24, 2.45) is 45.3 Å². The van der Waals surface area contributed by atoms with Crippen LogP contribution in [0.15, 0.2) is 16.8 Å². The van der Waals surface area contributed by atoms with Gasteiger partial charge in [0.2, 0.25) is 0 Å². The summed E-state index contributed by atoms with van der Waals surface area (Å²) >= 11 is 4.90. The molecule has 0 spiro atoms. The number of carbonyl (C=O) groups is 1. The second-order valence-electron chi connectivity index (χ2n) is 11.1. The Hall–Kier alpha value is -1.47. The van der Waals surface area contributed by atoms with Crippen LogP contribution in [0.4, 0.5) is 0 Å². The summed E-state index contributed by atoms with van der Waals surface area (Å²) in [6.07, 6.45) is 11.0. The van der Waals surface area contributed by atoms with Gasteiger partial charge in [-0.1, -0.05) is 13.8 Å². The molecule has 7 heteroatoms. The second kappa shape index (κ2) is 7.27. The van der Waals surface area contributed by atoms with Crippen molar-refractivity contribution >= 4 is 29.0 Å². The van der Waals surface area contributed by atoms with E-state index in [4.69, 9.17) is 22.7 Å². The van der Waals surface area contributed by atoms with Crippen LogP contribution in [0.2, 0.25) is 0 Å². The van der Waals surface area contributed by atoms with Crippen LogP contribution in [0.25, 0.3) is 0 Å². The van der Waals surface area contributed by atoms with E-state index in [0.717, 1.165) is 63.4 Å². The molecule has 5 rings (SSSR count). The molecule has 0 aromatic heterocycles. The number of carbonyl (C=O) groups excluding carboxylic acids is 1. The lowest BCUT2D eigenvalue weighted by Gasteiger charge is -2.63. The van der Waals surface area contributed by atoms with Crippen molar-refractivity contribution in [3.8, 4) is 0 Å². The molecule has 4 saturated carbocycles. The summed E-state index contributed by atoms with van der Waals surface area (Å²) in [6, 6.07) is 0. The summed E-state index contributed by atoms with van der Waals surface area (Å²) in [4.78, 5) is 11.7. The second-order valence-corrected chi connectivity index (χ2v) is 11.6. The molecule has 1 heterocycles. The molecule has 0 aromatic carbocycles. The van der Waals surface area contributed by atoms with Crippen LogP contribution >= 0.6 is 12.2 Å². The third-order valence-electron chi connectivity index (χ3n) is 10.1. The highest BCUT2D eigenvalue weighted by Crippen LogP contribution is 2.69. The first-order chi connectivity index (χ1) is 14.7. The molecule has 0 bridgehead atoms. The minimum absolute atomic E-state index is 0.167. The van der Waals surface area contributed by atoms with Crippen molar-refractivity contribution < 1.29 is 14.6 Å². The van der Waals surface area contributed by atoms with Crippen molar-refractivity contribution in [2.45, 2.75) is 77.2 Å². The Morgan fingerprint density at radius 3 is 2.74 bits per heavy atom. The summed E-state index contributed by atoms with van der Waals surface area (Å²) in [7, 11) is 0. The first-order valence-corrected chi connectivity index (χ1v) is 12.3. The minimum atomic E-state index is -0.650. The predicted octanol–water partition coefficient (Wildman–Crippen LogP) is 3.43. The van der Waals surface area contributed by atoms with Gasteiger partial charge in [0.05, 0.1) is 5.60 Å². The first kappa shape index (κ1) is 21.4. The van der Waals surface area contributed by atoms with Crippen LogP contribution in [-0.4, -0.2) is 34.1 Å². The standard InChI is InChI=1S/C24H35N3O3S/c1-22-8-5-16(26-27-21(25)31)12-15(22)3-4-19-18(22)6-9-23(2)17(7-10-24(19,23)29)14-11-20(28)30-13-14/h11,15,17-19,29H,3-10,12-13H2,1-2H3,(H3,25,27,31)/b26-16+/t15-,17+,18-,19+,22-,23+,24+/m0/s1. The number of ether oxygens (including phenoxy) is 1. The van der Waals surface area contributed by atoms with Gasteiger partial charge in [0.1, 0.15) is 6.61 Å². The van der Waals surface area contributed by atoms with Crippen molar-refractivity contribution in [3.63, 3.8) is 0 Å². The van der Waals surface area contributed by atoms with Gasteiger partial charge in [-0.3, -0.25) is 5.43 Å². The summed E-state index contributed by atoms with van der Waals surface area (Å²) < 4.78 is 5.23. The fourth-order valence-electron chi connectivity index (χ4n) is 8.45. The summed E-state index contributed by atoms with van der Waals surface area (Å²) in [5, 5.41) is 16.9. The molecule has 0 unspecified atom stereocenters. The maximum Gasteiger partial charge on any atom is 0.331 e. The maximum absolute atomic E-state index is 12.2. The minimum Gasteiger partial charge on any atom is -0.458 e. The summed E-state index contributed by atoms with van der Waals surface area (Å²) in [5.41, 5.74) is 10.0. The van der Waals surface area contributed by atoms with Crippen LogP contribution in [0.5, 0.6) is 0 Å². The predicted molar refractivity (Wildman–Crippen MR) is 123 cm³/mol. The van der Waals surface area contributed by atoms with Crippen molar-refractivity contribution in [1.82, 2.24) is 5.43 Å². The van der Waals surface area contributed by atoms with E-state index >= 15 is 0 Å². The number of hydrazone groups is 1. The van der Waals surface area contributed by atoms with Crippen LogP contribution < -0.4 is 11.2 Å². The molecule has 4 aliphatic carbocycles. The number of thiocarbonyl (C=S) groups is 1. The number of cyclic esters (lactones) is 1. The molecule has 0 aromatic rings. The van der Waals surface area contributed by atoms with Crippen molar-refractivity contribution in [3.05, 3.63) is 11.6 Å². The number of hydrogen-bond donors (Lipinski definition) is 3. The lowest BCUT2D eigenvalue weighted by Crippen LogP contribution is -2.62. The number of nitrogens with one attached hydrogen (secondary N) is 1. The number of rotatable bonds is 2. The molecule has 0 amide bonds. The number of nitrogens with zero attached hydrogens (tertiary/aromatic N) is 1. The molecule has 7 atom stereocenters. The number of esters is 1. The molecule has 4 fully saturated rings. The van der Waals surface area contributed by atoms with Crippen LogP contribution in [0.1, 0.15) is 71.6 Å². The molecule has 6 nitrogen and oxygen atoms in total. The van der Waals surface area contributed by atoms with Gasteiger partial charge in [-0.25, -0.2) is 4.79 Å². The fourth-order valence-corrected chi connectivity index (χ4v) is 8.49. The Morgan fingerprint density at radius 2 is 2.03 bits per heavy atom. The topological polar surface area (TPSA) is 96.9 Å². The van der Waals surface area contributed by atoms with Gasteiger partial charge in [-0.15, -0.1) is 0 Å². The van der Waals surface area contributed by atoms with E-state index in [0.29, 0.717) is 24.4 Å².